The summed E-state index contributed by atoms with van der Waals surface area (Å²) in [5, 5.41) is 5.07. The highest BCUT2D eigenvalue weighted by atomic mass is 32.1. The number of benzene rings is 1. The average molecular weight is 314 g/mol. The monoisotopic (exact) mass is 314 g/mol. The van der Waals surface area contributed by atoms with Crippen molar-refractivity contribution in [3.05, 3.63) is 64.4 Å². The predicted molar refractivity (Wildman–Crippen MR) is 93.8 cm³/mol. The third kappa shape index (κ3) is 4.55. The minimum absolute atomic E-state index is 0.0511. The zero-order valence-electron chi connectivity index (χ0n) is 13.2. The van der Waals surface area contributed by atoms with Gasteiger partial charge in [0, 0.05) is 17.5 Å². The van der Waals surface area contributed by atoms with Crippen molar-refractivity contribution in [1.82, 2.24) is 10.2 Å². The van der Waals surface area contributed by atoms with E-state index in [2.05, 4.69) is 21.7 Å². The Bertz CT molecular complexity index is 618. The summed E-state index contributed by atoms with van der Waals surface area (Å²) in [5.41, 5.74) is 2.04. The molecule has 2 aromatic rings. The molecule has 0 spiro atoms. The van der Waals surface area contributed by atoms with Crippen molar-refractivity contribution in [3.8, 4) is 0 Å². The first-order valence-corrected chi connectivity index (χ1v) is 8.17. The van der Waals surface area contributed by atoms with E-state index in [1.807, 2.05) is 57.4 Å². The Morgan fingerprint density at radius 2 is 1.95 bits per heavy atom. The van der Waals surface area contributed by atoms with Crippen molar-refractivity contribution >= 4 is 22.8 Å². The van der Waals surface area contributed by atoms with Gasteiger partial charge in [-0.05, 0) is 43.6 Å². The van der Waals surface area contributed by atoms with Gasteiger partial charge in [-0.1, -0.05) is 36.4 Å². The van der Waals surface area contributed by atoms with Crippen LogP contribution >= 0.6 is 11.3 Å². The molecular formula is C18H22N2OS. The predicted octanol–water partition coefficient (Wildman–Crippen LogP) is 3.57. The van der Waals surface area contributed by atoms with Gasteiger partial charge in [0.15, 0.2) is 0 Å². The molecule has 1 N–H and O–H groups in total. The molecule has 3 nitrogen and oxygen atoms in total. The molecular weight excluding hydrogens is 292 g/mol. The second-order valence-electron chi connectivity index (χ2n) is 5.43. The highest BCUT2D eigenvalue weighted by Gasteiger charge is 2.15. The van der Waals surface area contributed by atoms with Gasteiger partial charge in [0.2, 0.25) is 5.91 Å². The fraction of sp³-hybridized carbons (Fsp3) is 0.278. The van der Waals surface area contributed by atoms with Crippen LogP contribution in [0.4, 0.5) is 0 Å². The minimum atomic E-state index is -0.0511. The minimum Gasteiger partial charge on any atom is -0.351 e. The van der Waals surface area contributed by atoms with E-state index in [0.29, 0.717) is 6.54 Å². The van der Waals surface area contributed by atoms with Crippen molar-refractivity contribution in [1.29, 1.82) is 0 Å². The number of nitrogens with zero attached hydrogens (tertiary/aromatic N) is 1. The van der Waals surface area contributed by atoms with Gasteiger partial charge in [-0.15, -0.1) is 11.3 Å². The molecule has 22 heavy (non-hydrogen) atoms. The number of likely N-dealkylation sites (N-methyl/N-ethyl adjacent to an activating group) is 1. The first-order chi connectivity index (χ1) is 10.6. The van der Waals surface area contributed by atoms with E-state index in [1.54, 1.807) is 17.4 Å². The summed E-state index contributed by atoms with van der Waals surface area (Å²) >= 11 is 1.71. The average Bonchev–Trinajstić information content (AvgIpc) is 3.02. The van der Waals surface area contributed by atoms with Crippen LogP contribution in [0.15, 0.2) is 53.9 Å². The third-order valence-corrected chi connectivity index (χ3v) is 4.51. The number of rotatable bonds is 6. The van der Waals surface area contributed by atoms with Gasteiger partial charge in [0.1, 0.15) is 0 Å². The topological polar surface area (TPSA) is 32.3 Å². The lowest BCUT2D eigenvalue weighted by atomic mass is 10.1. The number of amides is 1. The van der Waals surface area contributed by atoms with Crippen LogP contribution in [-0.2, 0) is 4.79 Å². The summed E-state index contributed by atoms with van der Waals surface area (Å²) in [6.45, 7) is 2.56. The maximum Gasteiger partial charge on any atom is 0.244 e. The first-order valence-electron chi connectivity index (χ1n) is 7.29. The van der Waals surface area contributed by atoms with Crippen molar-refractivity contribution in [3.63, 3.8) is 0 Å². The van der Waals surface area contributed by atoms with E-state index in [1.165, 1.54) is 4.88 Å². The number of carbonyl (C=O) groups is 1. The molecule has 0 aliphatic carbocycles. The Hall–Kier alpha value is -1.91. The Kier molecular flexibility index (Phi) is 5.92. The highest BCUT2D eigenvalue weighted by Crippen LogP contribution is 2.22. The lowest BCUT2D eigenvalue weighted by Gasteiger charge is -2.23. The van der Waals surface area contributed by atoms with Gasteiger partial charge in [-0.3, -0.25) is 4.79 Å². The van der Waals surface area contributed by atoms with Crippen molar-refractivity contribution in [2.24, 2.45) is 0 Å². The van der Waals surface area contributed by atoms with E-state index in [4.69, 9.17) is 0 Å². The van der Waals surface area contributed by atoms with Crippen LogP contribution < -0.4 is 5.32 Å². The van der Waals surface area contributed by atoms with Crippen LogP contribution in [-0.4, -0.2) is 31.4 Å². The molecule has 0 aliphatic rings. The highest BCUT2D eigenvalue weighted by molar-refractivity contribution is 7.10. The number of thiophene rings is 1. The van der Waals surface area contributed by atoms with E-state index >= 15 is 0 Å². The molecule has 1 aromatic carbocycles. The van der Waals surface area contributed by atoms with Crippen molar-refractivity contribution in [2.45, 2.75) is 13.0 Å². The second-order valence-corrected chi connectivity index (χ2v) is 6.41. The lowest BCUT2D eigenvalue weighted by molar-refractivity contribution is -0.116. The van der Waals surface area contributed by atoms with Crippen LogP contribution in [0.3, 0.4) is 0 Å². The van der Waals surface area contributed by atoms with Crippen LogP contribution in [0, 0.1) is 0 Å². The molecule has 1 heterocycles. The van der Waals surface area contributed by atoms with Crippen molar-refractivity contribution < 1.29 is 4.79 Å². The van der Waals surface area contributed by atoms with E-state index in [0.717, 1.165) is 11.1 Å². The molecule has 1 unspecified atom stereocenters. The Morgan fingerprint density at radius 1 is 1.23 bits per heavy atom. The molecule has 1 amide bonds. The first kappa shape index (κ1) is 16.5. The van der Waals surface area contributed by atoms with E-state index in [-0.39, 0.29) is 11.9 Å². The van der Waals surface area contributed by atoms with Gasteiger partial charge in [-0.2, -0.15) is 0 Å². The molecule has 1 aromatic heterocycles. The largest absolute Gasteiger partial charge is 0.351 e. The molecule has 116 valence electrons. The van der Waals surface area contributed by atoms with Gasteiger partial charge in [0.25, 0.3) is 0 Å². The lowest BCUT2D eigenvalue weighted by Crippen LogP contribution is -2.33. The number of hydrogen-bond donors (Lipinski definition) is 1. The van der Waals surface area contributed by atoms with E-state index in [9.17, 15) is 4.79 Å². The summed E-state index contributed by atoms with van der Waals surface area (Å²) in [5.74, 6) is -0.0511. The molecule has 0 bridgehead atoms. The van der Waals surface area contributed by atoms with Gasteiger partial charge in [0.05, 0.1) is 6.04 Å². The third-order valence-electron chi connectivity index (χ3n) is 3.54. The maximum atomic E-state index is 12.1. The summed E-state index contributed by atoms with van der Waals surface area (Å²) in [4.78, 5) is 15.5. The summed E-state index contributed by atoms with van der Waals surface area (Å²) < 4.78 is 0. The van der Waals surface area contributed by atoms with Crippen LogP contribution in [0.25, 0.3) is 5.57 Å². The quantitative estimate of drug-likeness (QED) is 0.827. The van der Waals surface area contributed by atoms with Crippen LogP contribution in [0.2, 0.25) is 0 Å². The molecule has 0 saturated carbocycles. The zero-order valence-corrected chi connectivity index (χ0v) is 14.1. The number of allylic oxidation sites excluding steroid dienone is 1. The number of hydrogen-bond acceptors (Lipinski definition) is 3. The fourth-order valence-corrected chi connectivity index (χ4v) is 3.17. The SMILES string of the molecule is C/C(=C\C(=O)NCC(c1cccs1)N(C)C)c1ccccc1. The standard InChI is InChI=1S/C18H22N2OS/c1-14(15-8-5-4-6-9-15)12-18(21)19-13-16(20(2)3)17-10-7-11-22-17/h4-12,16H,13H2,1-3H3,(H,19,21)/b14-12+. The smallest absolute Gasteiger partial charge is 0.244 e. The van der Waals surface area contributed by atoms with Crippen molar-refractivity contribution in [2.75, 3.05) is 20.6 Å². The Balaban J connectivity index is 1.97. The molecule has 0 radical (unpaired) electrons. The maximum absolute atomic E-state index is 12.1. The molecule has 0 saturated heterocycles. The zero-order chi connectivity index (χ0) is 15.9. The van der Waals surface area contributed by atoms with Gasteiger partial charge in [-0.25, -0.2) is 0 Å². The van der Waals surface area contributed by atoms with E-state index < -0.39 is 0 Å². The molecule has 2 rings (SSSR count). The van der Waals surface area contributed by atoms with Gasteiger partial charge >= 0.3 is 0 Å². The second kappa shape index (κ2) is 7.92. The molecule has 0 fully saturated rings. The van der Waals surface area contributed by atoms with Gasteiger partial charge < -0.3 is 10.2 Å². The number of nitrogens with one attached hydrogen (secondary N) is 1. The summed E-state index contributed by atoms with van der Waals surface area (Å²) in [6, 6.07) is 14.3. The Labute approximate surface area is 136 Å². The molecule has 1 atom stereocenters. The number of carbonyl (C=O) groups excluding carboxylic acids is 1. The summed E-state index contributed by atoms with van der Waals surface area (Å²) in [7, 11) is 4.06. The Morgan fingerprint density at radius 3 is 2.55 bits per heavy atom. The fourth-order valence-electron chi connectivity index (χ4n) is 2.25. The molecule has 0 aliphatic heterocycles. The molecule has 4 heteroatoms. The normalized spacial score (nSPS) is 13.2. The summed E-state index contributed by atoms with van der Waals surface area (Å²) in [6.07, 6.45) is 1.66. The van der Waals surface area contributed by atoms with Crippen LogP contribution in [0.5, 0.6) is 0 Å². The van der Waals surface area contributed by atoms with Crippen LogP contribution in [0.1, 0.15) is 23.4 Å².